The van der Waals surface area contributed by atoms with Crippen LogP contribution >= 0.6 is 0 Å². The van der Waals surface area contributed by atoms with Crippen molar-refractivity contribution in [2.75, 3.05) is 6.54 Å². The fourth-order valence-corrected chi connectivity index (χ4v) is 2.92. The molecule has 0 radical (unpaired) electrons. The topological polar surface area (TPSA) is 52.8 Å². The van der Waals surface area contributed by atoms with Gasteiger partial charge in [-0.05, 0) is 24.5 Å². The van der Waals surface area contributed by atoms with E-state index >= 15 is 0 Å². The Balaban J connectivity index is 1.99. The molecule has 2 aliphatic heterocycles. The monoisotopic (exact) mass is 342 g/mol. The van der Waals surface area contributed by atoms with Crippen molar-refractivity contribution in [1.82, 2.24) is 4.90 Å². The standard InChI is InChI=1S/C19H21FN3O2/c1-13(2)9-11-22-18(24)15-7-5-10-21-17(15)23(19(22)25)12-14-6-3-4-8-16(14)20/h3-8,10,13,15H,9,11-12H2,1-2H3/q+1. The number of amidine groups is 1. The van der Waals surface area contributed by atoms with E-state index in [1.165, 1.54) is 15.5 Å². The smallest absolute Gasteiger partial charge is 0.255 e. The van der Waals surface area contributed by atoms with E-state index in [0.717, 1.165) is 6.42 Å². The van der Waals surface area contributed by atoms with Gasteiger partial charge in [0.15, 0.2) is 5.92 Å². The van der Waals surface area contributed by atoms with Crippen LogP contribution in [0.1, 0.15) is 25.8 Å². The van der Waals surface area contributed by atoms with Crippen LogP contribution < -0.4 is 0 Å². The Morgan fingerprint density at radius 1 is 1.28 bits per heavy atom. The van der Waals surface area contributed by atoms with E-state index in [1.807, 2.05) is 13.8 Å². The lowest BCUT2D eigenvalue weighted by atomic mass is 10.0. The molecule has 25 heavy (non-hydrogen) atoms. The number of nitrogens with zero attached hydrogens (tertiary/aromatic N) is 3. The zero-order valence-corrected chi connectivity index (χ0v) is 14.4. The summed E-state index contributed by atoms with van der Waals surface area (Å²) in [6, 6.07) is 5.88. The summed E-state index contributed by atoms with van der Waals surface area (Å²) in [5, 5.41) is 0. The van der Waals surface area contributed by atoms with Crippen LogP contribution in [-0.2, 0) is 11.3 Å². The first-order valence-corrected chi connectivity index (χ1v) is 8.43. The van der Waals surface area contributed by atoms with Crippen LogP contribution in [0.15, 0.2) is 41.4 Å². The van der Waals surface area contributed by atoms with Crippen LogP contribution in [0.5, 0.6) is 0 Å². The number of amides is 3. The first kappa shape index (κ1) is 17.2. The average molecular weight is 342 g/mol. The second kappa shape index (κ2) is 7.09. The second-order valence-electron chi connectivity index (χ2n) is 6.63. The second-order valence-corrected chi connectivity index (χ2v) is 6.63. The van der Waals surface area contributed by atoms with E-state index in [2.05, 4.69) is 4.99 Å². The average Bonchev–Trinajstić information content (AvgIpc) is 2.60. The van der Waals surface area contributed by atoms with Crippen molar-refractivity contribution < 1.29 is 18.6 Å². The van der Waals surface area contributed by atoms with Gasteiger partial charge in [-0.25, -0.2) is 9.18 Å². The predicted molar refractivity (Wildman–Crippen MR) is 93.1 cm³/mol. The summed E-state index contributed by atoms with van der Waals surface area (Å²) in [5.74, 6) is -0.513. The van der Waals surface area contributed by atoms with E-state index < -0.39 is 11.9 Å². The van der Waals surface area contributed by atoms with E-state index in [1.54, 1.807) is 36.6 Å². The summed E-state index contributed by atoms with van der Waals surface area (Å²) in [6.45, 7) is 4.48. The Labute approximate surface area is 146 Å². The molecule has 1 aromatic carbocycles. The van der Waals surface area contributed by atoms with Gasteiger partial charge in [0.05, 0.1) is 6.54 Å². The van der Waals surface area contributed by atoms with Gasteiger partial charge in [-0.3, -0.25) is 4.79 Å². The molecular formula is C19H21FN3O2+. The molecule has 0 fully saturated rings. The molecule has 1 atom stereocenters. The lowest BCUT2D eigenvalue weighted by Crippen LogP contribution is -2.54. The van der Waals surface area contributed by atoms with Crippen molar-refractivity contribution >= 4 is 24.0 Å². The Bertz CT molecular complexity index is 796. The van der Waals surface area contributed by atoms with Gasteiger partial charge in [0.25, 0.3) is 5.84 Å². The molecule has 0 spiro atoms. The minimum absolute atomic E-state index is 0.0496. The molecule has 0 N–H and O–H groups in total. The van der Waals surface area contributed by atoms with Crippen molar-refractivity contribution in [3.05, 3.63) is 47.8 Å². The zero-order valence-electron chi connectivity index (χ0n) is 14.4. The van der Waals surface area contributed by atoms with Crippen molar-refractivity contribution in [2.24, 2.45) is 16.8 Å². The van der Waals surface area contributed by atoms with Gasteiger partial charge in [0.2, 0.25) is 0 Å². The molecule has 0 saturated carbocycles. The van der Waals surface area contributed by atoms with Gasteiger partial charge in [0.1, 0.15) is 18.6 Å². The lowest BCUT2D eigenvalue weighted by molar-refractivity contribution is -0.458. The zero-order chi connectivity index (χ0) is 18.0. The van der Waals surface area contributed by atoms with Gasteiger partial charge in [-0.1, -0.05) is 38.1 Å². The maximum atomic E-state index is 14.0. The molecule has 5 nitrogen and oxygen atoms in total. The molecule has 130 valence electrons. The summed E-state index contributed by atoms with van der Waals surface area (Å²) in [7, 11) is 0. The van der Waals surface area contributed by atoms with Crippen molar-refractivity contribution in [2.45, 2.75) is 26.8 Å². The Morgan fingerprint density at radius 2 is 2.04 bits per heavy atom. The molecule has 2 aliphatic rings. The number of carbonyl (C=O) groups is 2. The minimum atomic E-state index is -0.596. The van der Waals surface area contributed by atoms with Crippen molar-refractivity contribution in [1.29, 1.82) is 0 Å². The Hall–Kier alpha value is -2.63. The summed E-state index contributed by atoms with van der Waals surface area (Å²) in [5.41, 5.74) is 0.394. The minimum Gasteiger partial charge on any atom is -0.255 e. The maximum absolute atomic E-state index is 14.0. The predicted octanol–water partition coefficient (Wildman–Crippen LogP) is 3.00. The van der Waals surface area contributed by atoms with Crippen LogP contribution in [0.3, 0.4) is 0 Å². The van der Waals surface area contributed by atoms with Crippen LogP contribution in [0.25, 0.3) is 0 Å². The van der Waals surface area contributed by atoms with Gasteiger partial charge in [-0.2, -0.15) is 9.48 Å². The number of hydrogen-bond donors (Lipinski definition) is 0. The number of allylic oxidation sites excluding steroid dienone is 1. The van der Waals surface area contributed by atoms with E-state index in [4.69, 9.17) is 0 Å². The molecule has 1 aromatic rings. The number of rotatable bonds is 5. The molecule has 0 aliphatic carbocycles. The lowest BCUT2D eigenvalue weighted by Gasteiger charge is -2.27. The van der Waals surface area contributed by atoms with Crippen molar-refractivity contribution in [3.63, 3.8) is 0 Å². The van der Waals surface area contributed by atoms with Crippen LogP contribution in [0, 0.1) is 17.7 Å². The number of fused-ring (bicyclic) bond motifs is 1. The Morgan fingerprint density at radius 3 is 2.76 bits per heavy atom. The molecule has 0 aromatic heterocycles. The van der Waals surface area contributed by atoms with Gasteiger partial charge >= 0.3 is 11.9 Å². The van der Waals surface area contributed by atoms with Crippen LogP contribution in [-0.4, -0.2) is 40.0 Å². The number of benzene rings is 1. The first-order valence-electron chi connectivity index (χ1n) is 8.43. The molecule has 6 heteroatoms. The molecule has 3 rings (SSSR count). The van der Waals surface area contributed by atoms with Gasteiger partial charge in [0, 0.05) is 5.56 Å². The number of aliphatic imine (C=N–C) groups is 1. The highest BCUT2D eigenvalue weighted by Crippen LogP contribution is 2.21. The third-order valence-electron chi connectivity index (χ3n) is 4.36. The highest BCUT2D eigenvalue weighted by molar-refractivity contribution is 6.14. The number of dihydropyridines is 1. The quantitative estimate of drug-likeness (QED) is 0.773. The Kier molecular flexibility index (Phi) is 4.88. The number of urea groups is 1. The molecule has 1 unspecified atom stereocenters. The normalized spacial score (nSPS) is 19.8. The molecule has 2 heterocycles. The SMILES string of the molecule is CC(C)CCN1C(=O)C2C=CC=NC2=[N+](Cc2ccccc2F)C1=O. The van der Waals surface area contributed by atoms with E-state index in [9.17, 15) is 14.0 Å². The number of imide groups is 1. The maximum Gasteiger partial charge on any atom is 0.446 e. The highest BCUT2D eigenvalue weighted by atomic mass is 19.1. The molecular weight excluding hydrogens is 321 g/mol. The summed E-state index contributed by atoms with van der Waals surface area (Å²) in [6.07, 6.45) is 5.70. The summed E-state index contributed by atoms with van der Waals surface area (Å²) < 4.78 is 15.5. The molecule has 0 bridgehead atoms. The van der Waals surface area contributed by atoms with E-state index in [0.29, 0.717) is 23.9 Å². The van der Waals surface area contributed by atoms with Gasteiger partial charge < -0.3 is 0 Å². The highest BCUT2D eigenvalue weighted by Gasteiger charge is 2.46. The summed E-state index contributed by atoms with van der Waals surface area (Å²) >= 11 is 0. The molecule has 3 amide bonds. The van der Waals surface area contributed by atoms with Crippen LogP contribution in [0.4, 0.5) is 9.18 Å². The van der Waals surface area contributed by atoms with Crippen LogP contribution in [0.2, 0.25) is 0 Å². The third kappa shape index (κ3) is 3.43. The third-order valence-corrected chi connectivity index (χ3v) is 4.36. The van der Waals surface area contributed by atoms with E-state index in [-0.39, 0.29) is 18.3 Å². The number of hydrogen-bond acceptors (Lipinski definition) is 3. The largest absolute Gasteiger partial charge is 0.446 e. The fourth-order valence-electron chi connectivity index (χ4n) is 2.92. The summed E-state index contributed by atoms with van der Waals surface area (Å²) in [4.78, 5) is 31.1. The van der Waals surface area contributed by atoms with Gasteiger partial charge in [-0.15, -0.1) is 4.99 Å². The molecule has 0 saturated heterocycles. The number of carbonyl (C=O) groups excluding carboxylic acids is 2. The first-order chi connectivity index (χ1) is 12.0. The number of halogens is 1. The fraction of sp³-hybridized carbons (Fsp3) is 0.368. The van der Waals surface area contributed by atoms with Crippen molar-refractivity contribution in [3.8, 4) is 0 Å².